The molecule has 1 fully saturated rings. The Morgan fingerprint density at radius 1 is 1.06 bits per heavy atom. The predicted molar refractivity (Wildman–Crippen MR) is 118 cm³/mol. The van der Waals surface area contributed by atoms with Gasteiger partial charge in [0.05, 0.1) is 4.90 Å². The van der Waals surface area contributed by atoms with Gasteiger partial charge in [0.15, 0.2) is 15.7 Å². The second-order valence-corrected chi connectivity index (χ2v) is 9.83. The number of aromatic nitrogens is 4. The molecule has 0 N–H and O–H groups in total. The zero-order valence-electron chi connectivity index (χ0n) is 17.8. The van der Waals surface area contributed by atoms with Gasteiger partial charge in [-0.1, -0.05) is 6.07 Å². The van der Waals surface area contributed by atoms with Crippen molar-refractivity contribution in [3.8, 4) is 11.5 Å². The van der Waals surface area contributed by atoms with E-state index in [0.29, 0.717) is 41.7 Å². The minimum atomic E-state index is -3.31. The smallest absolute Gasteiger partial charge is 0.310 e. The summed E-state index contributed by atoms with van der Waals surface area (Å²) in [6.07, 6.45) is 2.84. The lowest BCUT2D eigenvalue weighted by atomic mass is 10.2. The first-order valence-corrected chi connectivity index (χ1v) is 11.8. The van der Waals surface area contributed by atoms with E-state index in [1.165, 1.54) is 6.26 Å². The fourth-order valence-electron chi connectivity index (χ4n) is 3.71. The molecule has 2 amide bonds. The van der Waals surface area contributed by atoms with Crippen LogP contribution in [0.3, 0.4) is 0 Å². The summed E-state index contributed by atoms with van der Waals surface area (Å²) in [7, 11) is -3.31. The van der Waals surface area contributed by atoms with Gasteiger partial charge >= 0.3 is 6.03 Å². The molecule has 162 valence electrons. The molecule has 1 aromatic carbocycles. The molecule has 9 nitrogen and oxygen atoms in total. The monoisotopic (exact) mass is 440 g/mol. The zero-order chi connectivity index (χ0) is 22.3. The standard InChI is InChI=1S/C21H24N6O3S/c1-14(2)27-13-22-24-20(27)17-6-5-7-19(23-17)26-11-10-25(21(26)28)16-8-9-18(15(3)12-16)31(4,29)30/h5-9,12-14H,10-11H2,1-4H3. The van der Waals surface area contributed by atoms with Gasteiger partial charge in [0.2, 0.25) is 0 Å². The number of hydrogen-bond donors (Lipinski definition) is 0. The van der Waals surface area contributed by atoms with Gasteiger partial charge in [-0.15, -0.1) is 10.2 Å². The van der Waals surface area contributed by atoms with Gasteiger partial charge in [0, 0.05) is 31.1 Å². The first kappa shape index (κ1) is 21.0. The van der Waals surface area contributed by atoms with Crippen LogP contribution in [-0.2, 0) is 9.84 Å². The normalized spacial score (nSPS) is 14.7. The van der Waals surface area contributed by atoms with Gasteiger partial charge in [0.25, 0.3) is 0 Å². The number of anilines is 2. The average Bonchev–Trinajstić information content (AvgIpc) is 3.34. The van der Waals surface area contributed by atoms with Gasteiger partial charge < -0.3 is 4.57 Å². The van der Waals surface area contributed by atoms with E-state index in [-0.39, 0.29) is 17.0 Å². The summed E-state index contributed by atoms with van der Waals surface area (Å²) in [5.41, 5.74) is 1.91. The van der Waals surface area contributed by atoms with Crippen molar-refractivity contribution in [3.63, 3.8) is 0 Å². The maximum Gasteiger partial charge on any atom is 0.330 e. The highest BCUT2D eigenvalue weighted by molar-refractivity contribution is 7.90. The summed E-state index contributed by atoms with van der Waals surface area (Å²) >= 11 is 0. The molecule has 1 saturated heterocycles. The highest BCUT2D eigenvalue weighted by Gasteiger charge is 2.32. The average molecular weight is 441 g/mol. The first-order valence-electron chi connectivity index (χ1n) is 9.93. The second-order valence-electron chi connectivity index (χ2n) is 7.84. The van der Waals surface area contributed by atoms with Crippen molar-refractivity contribution in [2.45, 2.75) is 31.7 Å². The van der Waals surface area contributed by atoms with E-state index in [1.807, 2.05) is 30.5 Å². The second kappa shape index (κ2) is 7.77. The van der Waals surface area contributed by atoms with E-state index in [0.717, 1.165) is 0 Å². The van der Waals surface area contributed by atoms with Crippen molar-refractivity contribution in [1.29, 1.82) is 0 Å². The van der Waals surface area contributed by atoms with Crippen molar-refractivity contribution in [2.24, 2.45) is 0 Å². The lowest BCUT2D eigenvalue weighted by Gasteiger charge is -2.19. The van der Waals surface area contributed by atoms with Crippen LogP contribution < -0.4 is 9.80 Å². The Bertz CT molecular complexity index is 1250. The van der Waals surface area contributed by atoms with E-state index in [2.05, 4.69) is 15.2 Å². The van der Waals surface area contributed by atoms with Gasteiger partial charge in [-0.2, -0.15) is 0 Å². The van der Waals surface area contributed by atoms with Crippen molar-refractivity contribution >= 4 is 27.4 Å². The molecule has 10 heteroatoms. The Hall–Kier alpha value is -3.27. The van der Waals surface area contributed by atoms with Crippen LogP contribution in [0.25, 0.3) is 11.5 Å². The van der Waals surface area contributed by atoms with Crippen molar-refractivity contribution in [2.75, 3.05) is 29.1 Å². The van der Waals surface area contributed by atoms with E-state index in [1.54, 1.807) is 47.3 Å². The van der Waals surface area contributed by atoms with Crippen LogP contribution in [0, 0.1) is 6.92 Å². The fourth-order valence-corrected chi connectivity index (χ4v) is 4.67. The summed E-state index contributed by atoms with van der Waals surface area (Å²) in [6.45, 7) is 6.75. The van der Waals surface area contributed by atoms with Gasteiger partial charge in [0.1, 0.15) is 17.8 Å². The summed E-state index contributed by atoms with van der Waals surface area (Å²) in [6, 6.07) is 10.4. The van der Waals surface area contributed by atoms with Gasteiger partial charge in [-0.05, 0) is 56.7 Å². The number of carbonyl (C=O) groups excluding carboxylic acids is 1. The number of rotatable bonds is 5. The predicted octanol–water partition coefficient (Wildman–Crippen LogP) is 3.08. The Labute approximate surface area is 181 Å². The number of aryl methyl sites for hydroxylation is 1. The summed E-state index contributed by atoms with van der Waals surface area (Å²) in [5, 5.41) is 8.17. The Kier molecular flexibility index (Phi) is 5.26. The number of pyridine rings is 1. The van der Waals surface area contributed by atoms with Crippen LogP contribution in [0.4, 0.5) is 16.3 Å². The zero-order valence-corrected chi connectivity index (χ0v) is 18.7. The van der Waals surface area contributed by atoms with Crippen LogP contribution in [0.15, 0.2) is 47.6 Å². The summed E-state index contributed by atoms with van der Waals surface area (Å²) in [5.74, 6) is 1.18. The number of carbonyl (C=O) groups is 1. The third-order valence-corrected chi connectivity index (χ3v) is 6.51. The summed E-state index contributed by atoms with van der Waals surface area (Å²) in [4.78, 5) is 21.3. The number of urea groups is 1. The lowest BCUT2D eigenvalue weighted by Crippen LogP contribution is -2.32. The molecule has 3 aromatic rings. The molecule has 0 unspecified atom stereocenters. The van der Waals surface area contributed by atoms with Crippen LogP contribution >= 0.6 is 0 Å². The minimum Gasteiger partial charge on any atom is -0.310 e. The fraction of sp³-hybridized carbons (Fsp3) is 0.333. The highest BCUT2D eigenvalue weighted by Crippen LogP contribution is 2.28. The van der Waals surface area contributed by atoms with Gasteiger partial charge in [-0.3, -0.25) is 9.80 Å². The topological polar surface area (TPSA) is 101 Å². The quantitative estimate of drug-likeness (QED) is 0.604. The molecule has 0 spiro atoms. The third-order valence-electron chi connectivity index (χ3n) is 5.25. The molecule has 4 rings (SSSR count). The number of sulfone groups is 1. The molecular weight excluding hydrogens is 416 g/mol. The largest absolute Gasteiger partial charge is 0.330 e. The maximum atomic E-state index is 13.1. The van der Waals surface area contributed by atoms with E-state index in [9.17, 15) is 13.2 Å². The molecular formula is C21H24N6O3S. The molecule has 1 aliphatic heterocycles. The van der Waals surface area contributed by atoms with E-state index < -0.39 is 9.84 Å². The van der Waals surface area contributed by atoms with Crippen LogP contribution in [-0.4, -0.2) is 53.5 Å². The van der Waals surface area contributed by atoms with Crippen molar-refractivity contribution < 1.29 is 13.2 Å². The molecule has 0 aliphatic carbocycles. The molecule has 2 aromatic heterocycles. The number of amides is 2. The molecule has 0 saturated carbocycles. The van der Waals surface area contributed by atoms with E-state index in [4.69, 9.17) is 0 Å². The molecule has 31 heavy (non-hydrogen) atoms. The van der Waals surface area contributed by atoms with Gasteiger partial charge in [-0.25, -0.2) is 18.2 Å². The Morgan fingerprint density at radius 3 is 2.48 bits per heavy atom. The molecule has 0 atom stereocenters. The van der Waals surface area contributed by atoms with E-state index >= 15 is 0 Å². The Balaban J connectivity index is 1.62. The maximum absolute atomic E-state index is 13.1. The molecule has 1 aliphatic rings. The lowest BCUT2D eigenvalue weighted by molar-refractivity contribution is 0.255. The van der Waals surface area contributed by atoms with Crippen molar-refractivity contribution in [3.05, 3.63) is 48.3 Å². The Morgan fingerprint density at radius 2 is 1.81 bits per heavy atom. The first-order chi connectivity index (χ1) is 14.7. The van der Waals surface area contributed by atoms with Crippen LogP contribution in [0.1, 0.15) is 25.5 Å². The molecule has 0 bridgehead atoms. The molecule has 0 radical (unpaired) electrons. The van der Waals surface area contributed by atoms with Crippen LogP contribution in [0.2, 0.25) is 0 Å². The SMILES string of the molecule is Cc1cc(N2CCN(c3cccc(-c4nncn4C(C)C)n3)C2=O)ccc1S(C)(=O)=O. The number of benzene rings is 1. The van der Waals surface area contributed by atoms with Crippen molar-refractivity contribution in [1.82, 2.24) is 19.7 Å². The number of nitrogens with zero attached hydrogens (tertiary/aromatic N) is 6. The summed E-state index contributed by atoms with van der Waals surface area (Å²) < 4.78 is 25.7. The highest BCUT2D eigenvalue weighted by atomic mass is 32.2. The molecule has 3 heterocycles. The third kappa shape index (κ3) is 3.90. The van der Waals surface area contributed by atoms with Crippen LogP contribution in [0.5, 0.6) is 0 Å². The minimum absolute atomic E-state index is 0.178. The number of hydrogen-bond acceptors (Lipinski definition) is 6.